The van der Waals surface area contributed by atoms with Crippen LogP contribution in [0.1, 0.15) is 5.69 Å². The lowest BCUT2D eigenvalue weighted by Gasteiger charge is -2.13. The Balaban J connectivity index is 1.09. The quantitative estimate of drug-likeness (QED) is 0.146. The van der Waals surface area contributed by atoms with Crippen LogP contribution in [-0.4, -0.2) is 30.3 Å². The Morgan fingerprint density at radius 3 is 1.63 bits per heavy atom. The van der Waals surface area contributed by atoms with Gasteiger partial charge in [-0.25, -0.2) is 0 Å². The predicted octanol–water partition coefficient (Wildman–Crippen LogP) is 12.8. The molecule has 10 rings (SSSR count). The van der Waals surface area contributed by atoms with Crippen LogP contribution in [0, 0.1) is 6.92 Å². The number of pyridine rings is 3. The lowest BCUT2D eigenvalue weighted by Crippen LogP contribution is -2.00. The molecule has 6 heteroatoms. The summed E-state index contributed by atoms with van der Waals surface area (Å²) in [7, 11) is 0. The monoisotopic (exact) mass is 732 g/mol. The minimum atomic E-state index is 0.918. The van der Waals surface area contributed by atoms with E-state index in [1.807, 2.05) is 36.8 Å². The van der Waals surface area contributed by atoms with Gasteiger partial charge in [0, 0.05) is 76.2 Å². The van der Waals surface area contributed by atoms with Crippen LogP contribution in [0.5, 0.6) is 0 Å². The smallest absolute Gasteiger partial charge is 0.0963 e. The minimum Gasteiger partial charge on any atom is -0.312 e. The normalized spacial score (nSPS) is 11.6. The van der Waals surface area contributed by atoms with Crippen molar-refractivity contribution >= 4 is 44.7 Å². The maximum atomic E-state index is 4.92. The number of fused-ring (bicyclic) bond motifs is 4. The SMILES string of the molecule is C=C/C=N\c1c(C)n(-c2cccc(-n3c4ccc(-c5cccc(-c6cccnc6)c5)cc4c4ncccc43)c2)c2ccc(-c3cccc(-c4cccnc4)c3)cc12. The Morgan fingerprint density at radius 2 is 1.02 bits per heavy atom. The first-order valence-electron chi connectivity index (χ1n) is 19.0. The van der Waals surface area contributed by atoms with Crippen molar-refractivity contribution in [2.75, 3.05) is 0 Å². The van der Waals surface area contributed by atoms with Gasteiger partial charge in [0.05, 0.1) is 27.8 Å². The minimum absolute atomic E-state index is 0.918. The summed E-state index contributed by atoms with van der Waals surface area (Å²) in [4.78, 5) is 18.5. The Kier molecular flexibility index (Phi) is 8.42. The second-order valence-corrected chi connectivity index (χ2v) is 14.1. The maximum absolute atomic E-state index is 4.92. The molecule has 5 aromatic heterocycles. The van der Waals surface area contributed by atoms with Crippen LogP contribution in [0.4, 0.5) is 5.69 Å². The average molecular weight is 733 g/mol. The van der Waals surface area contributed by atoms with Gasteiger partial charge in [0.15, 0.2) is 0 Å². The largest absolute Gasteiger partial charge is 0.312 e. The summed E-state index contributed by atoms with van der Waals surface area (Å²) in [6, 6.07) is 51.6. The van der Waals surface area contributed by atoms with Gasteiger partial charge < -0.3 is 9.13 Å². The second kappa shape index (κ2) is 14.2. The number of hydrogen-bond acceptors (Lipinski definition) is 4. The highest BCUT2D eigenvalue weighted by molar-refractivity contribution is 6.08. The fourth-order valence-corrected chi connectivity index (χ4v) is 8.09. The molecular formula is C51H36N6. The van der Waals surface area contributed by atoms with Gasteiger partial charge in [-0.2, -0.15) is 0 Å². The predicted molar refractivity (Wildman–Crippen MR) is 236 cm³/mol. The van der Waals surface area contributed by atoms with Crippen LogP contribution in [0.2, 0.25) is 0 Å². The molecule has 0 bridgehead atoms. The highest BCUT2D eigenvalue weighted by atomic mass is 15.0. The van der Waals surface area contributed by atoms with E-state index in [-0.39, 0.29) is 0 Å². The van der Waals surface area contributed by atoms with Gasteiger partial charge in [-0.15, -0.1) is 0 Å². The molecule has 0 fully saturated rings. The molecule has 0 saturated carbocycles. The summed E-state index contributed by atoms with van der Waals surface area (Å²) in [6.45, 7) is 6.05. The van der Waals surface area contributed by atoms with E-state index in [9.17, 15) is 0 Å². The number of allylic oxidation sites excluding steroid dienone is 1. The Labute approximate surface area is 330 Å². The third-order valence-electron chi connectivity index (χ3n) is 10.7. The molecule has 0 aliphatic rings. The number of aliphatic imine (C=N–C) groups is 1. The van der Waals surface area contributed by atoms with E-state index in [1.165, 1.54) is 0 Å². The third kappa shape index (κ3) is 6.01. The van der Waals surface area contributed by atoms with Crippen LogP contribution in [0.25, 0.3) is 88.7 Å². The standard InChI is InChI=1S/C51H36N6/c1-3-23-54-50-34(2)56(47-21-19-39(29-45(47)50)35-10-4-12-37(27-35)41-14-7-24-52-32-41)43-16-6-17-44(31-43)57-48-22-20-40(30-46(48)51-49(57)18-9-26-55-51)36-11-5-13-38(28-36)42-15-8-25-53-33-42/h3-33H,1H2,2H3/b54-23-. The molecule has 0 radical (unpaired) electrons. The van der Waals surface area contributed by atoms with Crippen molar-refractivity contribution in [2.45, 2.75) is 6.92 Å². The van der Waals surface area contributed by atoms with Crippen molar-refractivity contribution in [1.82, 2.24) is 24.1 Å². The molecule has 0 amide bonds. The first-order chi connectivity index (χ1) is 28.1. The van der Waals surface area contributed by atoms with E-state index < -0.39 is 0 Å². The van der Waals surface area contributed by atoms with Crippen LogP contribution < -0.4 is 0 Å². The lowest BCUT2D eigenvalue weighted by molar-refractivity contribution is 1.04. The summed E-state index contributed by atoms with van der Waals surface area (Å²) in [5.74, 6) is 0. The molecule has 0 saturated heterocycles. The second-order valence-electron chi connectivity index (χ2n) is 14.1. The fraction of sp³-hybridized carbons (Fsp3) is 0.0196. The first kappa shape index (κ1) is 33.8. The van der Waals surface area contributed by atoms with Crippen molar-refractivity contribution in [3.8, 4) is 55.9 Å². The van der Waals surface area contributed by atoms with E-state index in [4.69, 9.17) is 9.98 Å². The zero-order chi connectivity index (χ0) is 38.3. The summed E-state index contributed by atoms with van der Waals surface area (Å²) in [5.41, 5.74) is 17.2. The van der Waals surface area contributed by atoms with Gasteiger partial charge in [0.1, 0.15) is 0 Å². The van der Waals surface area contributed by atoms with E-state index in [0.717, 1.165) is 100 Å². The van der Waals surface area contributed by atoms with Gasteiger partial charge in [-0.05, 0) is 119 Å². The molecule has 5 heterocycles. The van der Waals surface area contributed by atoms with Crippen LogP contribution in [0.3, 0.4) is 0 Å². The summed E-state index contributed by atoms with van der Waals surface area (Å²) < 4.78 is 4.63. The van der Waals surface area contributed by atoms with Gasteiger partial charge in [0.25, 0.3) is 0 Å². The number of hydrogen-bond donors (Lipinski definition) is 0. The van der Waals surface area contributed by atoms with Crippen molar-refractivity contribution in [2.24, 2.45) is 4.99 Å². The van der Waals surface area contributed by atoms with E-state index in [1.54, 1.807) is 24.7 Å². The van der Waals surface area contributed by atoms with E-state index >= 15 is 0 Å². The maximum Gasteiger partial charge on any atom is 0.0963 e. The first-order valence-corrected chi connectivity index (χ1v) is 19.0. The van der Waals surface area contributed by atoms with Crippen molar-refractivity contribution in [1.29, 1.82) is 0 Å². The van der Waals surface area contributed by atoms with Crippen molar-refractivity contribution in [3.63, 3.8) is 0 Å². The van der Waals surface area contributed by atoms with Crippen LogP contribution >= 0.6 is 0 Å². The molecule has 0 aliphatic carbocycles. The van der Waals surface area contributed by atoms with E-state index in [0.29, 0.717) is 0 Å². The molecular weight excluding hydrogens is 697 g/mol. The topological polar surface area (TPSA) is 60.9 Å². The molecule has 0 N–H and O–H groups in total. The zero-order valence-electron chi connectivity index (χ0n) is 31.3. The number of nitrogens with zero attached hydrogens (tertiary/aromatic N) is 6. The highest BCUT2D eigenvalue weighted by Gasteiger charge is 2.19. The lowest BCUT2D eigenvalue weighted by atomic mass is 9.99. The van der Waals surface area contributed by atoms with E-state index in [2.05, 4.69) is 160 Å². The molecule has 5 aromatic carbocycles. The highest BCUT2D eigenvalue weighted by Crippen LogP contribution is 2.40. The molecule has 6 nitrogen and oxygen atoms in total. The molecule has 0 spiro atoms. The molecule has 0 atom stereocenters. The molecule has 270 valence electrons. The fourth-order valence-electron chi connectivity index (χ4n) is 8.09. The van der Waals surface area contributed by atoms with Gasteiger partial charge >= 0.3 is 0 Å². The summed E-state index contributed by atoms with van der Waals surface area (Å²) >= 11 is 0. The Bertz CT molecular complexity index is 3150. The number of benzene rings is 5. The molecule has 0 unspecified atom stereocenters. The zero-order valence-corrected chi connectivity index (χ0v) is 31.3. The van der Waals surface area contributed by atoms with Crippen molar-refractivity contribution in [3.05, 3.63) is 195 Å². The van der Waals surface area contributed by atoms with Gasteiger partial charge in [-0.1, -0.05) is 79.4 Å². The Morgan fingerprint density at radius 1 is 0.491 bits per heavy atom. The Hall–Kier alpha value is -7.70. The summed E-state index contributed by atoms with van der Waals surface area (Å²) in [6.07, 6.45) is 12.8. The number of aromatic nitrogens is 5. The number of rotatable bonds is 8. The van der Waals surface area contributed by atoms with Crippen LogP contribution in [-0.2, 0) is 0 Å². The average Bonchev–Trinajstić information content (AvgIpc) is 3.76. The van der Waals surface area contributed by atoms with Gasteiger partial charge in [-0.3, -0.25) is 19.9 Å². The summed E-state index contributed by atoms with van der Waals surface area (Å²) in [5, 5.41) is 2.17. The van der Waals surface area contributed by atoms with Crippen molar-refractivity contribution < 1.29 is 0 Å². The molecule has 10 aromatic rings. The molecule has 0 aliphatic heterocycles. The van der Waals surface area contributed by atoms with Crippen LogP contribution in [0.15, 0.2) is 194 Å². The third-order valence-corrected chi connectivity index (χ3v) is 10.7. The molecule has 57 heavy (non-hydrogen) atoms. The van der Waals surface area contributed by atoms with Gasteiger partial charge in [0.2, 0.25) is 0 Å².